The van der Waals surface area contributed by atoms with Gasteiger partial charge in [0, 0.05) is 12.1 Å². The molecule has 1 heterocycles. The van der Waals surface area contributed by atoms with Gasteiger partial charge in [-0.1, -0.05) is 25.7 Å². The zero-order valence-corrected chi connectivity index (χ0v) is 11.3. The van der Waals surface area contributed by atoms with E-state index >= 15 is 0 Å². The molecule has 0 bridgehead atoms. The molecule has 1 aliphatic carbocycles. The number of hydrogen-bond acceptors (Lipinski definition) is 2. The molecule has 0 aromatic heterocycles. The van der Waals surface area contributed by atoms with E-state index in [4.69, 9.17) is 0 Å². The van der Waals surface area contributed by atoms with Gasteiger partial charge >= 0.3 is 0 Å². The number of rotatable bonds is 3. The van der Waals surface area contributed by atoms with E-state index in [0.29, 0.717) is 5.54 Å². The smallest absolute Gasteiger partial charge is 0.0333 e. The molecule has 2 rings (SSSR count). The summed E-state index contributed by atoms with van der Waals surface area (Å²) in [7, 11) is 6.86. The van der Waals surface area contributed by atoms with Gasteiger partial charge in [-0.3, -0.25) is 0 Å². The van der Waals surface area contributed by atoms with Crippen molar-refractivity contribution in [3.05, 3.63) is 0 Å². The average Bonchev–Trinajstić information content (AvgIpc) is 2.70. The Morgan fingerprint density at radius 1 is 1.19 bits per heavy atom. The first-order chi connectivity index (χ1) is 7.62. The Labute approximate surface area is 101 Å². The predicted molar refractivity (Wildman–Crippen MR) is 69.7 cm³/mol. The molecule has 1 saturated carbocycles. The van der Waals surface area contributed by atoms with E-state index in [1.54, 1.807) is 0 Å². The van der Waals surface area contributed by atoms with Crippen molar-refractivity contribution in [1.29, 1.82) is 0 Å². The van der Waals surface area contributed by atoms with Crippen LogP contribution in [0.4, 0.5) is 0 Å². The second-order valence-corrected chi connectivity index (χ2v) is 6.31. The lowest BCUT2D eigenvalue weighted by atomic mass is 9.79. The fraction of sp³-hybridized carbons (Fsp3) is 1.00. The highest BCUT2D eigenvalue weighted by Crippen LogP contribution is 2.37. The quantitative estimate of drug-likeness (QED) is 0.727. The first-order valence-corrected chi connectivity index (χ1v) is 6.98. The molecular formula is C14H28N2. The number of likely N-dealkylation sites (tertiary alicyclic amines) is 1. The van der Waals surface area contributed by atoms with E-state index in [0.717, 1.165) is 5.92 Å². The minimum atomic E-state index is 0.474. The highest BCUT2D eigenvalue weighted by molar-refractivity contribution is 4.96. The molecule has 2 aliphatic rings. The summed E-state index contributed by atoms with van der Waals surface area (Å²) in [4.78, 5) is 5.04. The molecule has 1 saturated heterocycles. The molecule has 2 heteroatoms. The minimum absolute atomic E-state index is 0.474. The SMILES string of the molecule is CN1CCC[C@](CC2CCCC2)(N(C)C)C1. The Bertz CT molecular complexity index is 221. The van der Waals surface area contributed by atoms with Crippen LogP contribution in [0.3, 0.4) is 0 Å². The molecule has 0 N–H and O–H groups in total. The molecule has 0 unspecified atom stereocenters. The van der Waals surface area contributed by atoms with Crippen molar-refractivity contribution in [2.45, 2.75) is 50.5 Å². The van der Waals surface area contributed by atoms with Gasteiger partial charge in [-0.2, -0.15) is 0 Å². The summed E-state index contributed by atoms with van der Waals surface area (Å²) in [5, 5.41) is 0. The van der Waals surface area contributed by atoms with Crippen LogP contribution in [0.2, 0.25) is 0 Å². The molecule has 0 amide bonds. The van der Waals surface area contributed by atoms with Crippen LogP contribution in [0, 0.1) is 5.92 Å². The highest BCUT2D eigenvalue weighted by Gasteiger charge is 2.38. The Hall–Kier alpha value is -0.0800. The maximum atomic E-state index is 2.53. The second kappa shape index (κ2) is 5.05. The first kappa shape index (κ1) is 12.4. The molecule has 16 heavy (non-hydrogen) atoms. The lowest BCUT2D eigenvalue weighted by Crippen LogP contribution is -2.56. The van der Waals surface area contributed by atoms with Gasteiger partial charge in [0.15, 0.2) is 0 Å². The predicted octanol–water partition coefficient (Wildman–Crippen LogP) is 2.59. The molecule has 0 aromatic rings. The van der Waals surface area contributed by atoms with Gasteiger partial charge in [0.1, 0.15) is 0 Å². The molecule has 0 aromatic carbocycles. The zero-order valence-electron chi connectivity index (χ0n) is 11.3. The highest BCUT2D eigenvalue weighted by atomic mass is 15.2. The second-order valence-electron chi connectivity index (χ2n) is 6.31. The summed E-state index contributed by atoms with van der Waals surface area (Å²) in [5.41, 5.74) is 0.474. The third kappa shape index (κ3) is 2.60. The van der Waals surface area contributed by atoms with E-state index in [1.165, 1.54) is 58.0 Å². The van der Waals surface area contributed by atoms with Crippen LogP contribution in [0.5, 0.6) is 0 Å². The van der Waals surface area contributed by atoms with Crippen LogP contribution in [0.15, 0.2) is 0 Å². The van der Waals surface area contributed by atoms with Crippen molar-refractivity contribution in [3.8, 4) is 0 Å². The van der Waals surface area contributed by atoms with Gasteiger partial charge < -0.3 is 9.80 Å². The summed E-state index contributed by atoms with van der Waals surface area (Å²) < 4.78 is 0. The van der Waals surface area contributed by atoms with Gasteiger partial charge in [0.25, 0.3) is 0 Å². The van der Waals surface area contributed by atoms with Crippen molar-refractivity contribution in [2.75, 3.05) is 34.2 Å². The summed E-state index contributed by atoms with van der Waals surface area (Å²) in [5.74, 6) is 1.01. The monoisotopic (exact) mass is 224 g/mol. The van der Waals surface area contributed by atoms with Gasteiger partial charge in [-0.05, 0) is 52.9 Å². The van der Waals surface area contributed by atoms with Crippen molar-refractivity contribution in [3.63, 3.8) is 0 Å². The van der Waals surface area contributed by atoms with Gasteiger partial charge in [0.05, 0.1) is 0 Å². The van der Waals surface area contributed by atoms with Crippen LogP contribution >= 0.6 is 0 Å². The molecule has 2 nitrogen and oxygen atoms in total. The molecule has 1 aliphatic heterocycles. The average molecular weight is 224 g/mol. The fourth-order valence-corrected chi connectivity index (χ4v) is 3.80. The Morgan fingerprint density at radius 2 is 1.88 bits per heavy atom. The number of nitrogens with zero attached hydrogens (tertiary/aromatic N) is 2. The number of likely N-dealkylation sites (N-methyl/N-ethyl adjacent to an activating group) is 2. The Morgan fingerprint density at radius 3 is 2.44 bits per heavy atom. The summed E-state index contributed by atoms with van der Waals surface area (Å²) in [6.07, 6.45) is 10.1. The lowest BCUT2D eigenvalue weighted by Gasteiger charge is -2.47. The topological polar surface area (TPSA) is 6.48 Å². The zero-order chi connectivity index (χ0) is 11.6. The van der Waals surface area contributed by atoms with Crippen LogP contribution in [0.1, 0.15) is 44.9 Å². The Kier molecular flexibility index (Phi) is 3.91. The van der Waals surface area contributed by atoms with Crippen molar-refractivity contribution in [2.24, 2.45) is 5.92 Å². The summed E-state index contributed by atoms with van der Waals surface area (Å²) in [6.45, 7) is 2.57. The third-order valence-corrected chi connectivity index (χ3v) is 4.84. The third-order valence-electron chi connectivity index (χ3n) is 4.84. The number of piperidine rings is 1. The maximum absolute atomic E-state index is 2.53. The fourth-order valence-electron chi connectivity index (χ4n) is 3.80. The maximum Gasteiger partial charge on any atom is 0.0333 e. The molecule has 94 valence electrons. The standard InChI is InChI=1S/C14H28N2/c1-15(2)14(9-6-10-16(3)12-14)11-13-7-4-5-8-13/h13H,4-12H2,1-3H3/t14-/m1/s1. The van der Waals surface area contributed by atoms with Crippen molar-refractivity contribution >= 4 is 0 Å². The van der Waals surface area contributed by atoms with Crippen LogP contribution in [-0.4, -0.2) is 49.6 Å². The van der Waals surface area contributed by atoms with E-state index in [2.05, 4.69) is 30.9 Å². The van der Waals surface area contributed by atoms with E-state index in [-0.39, 0.29) is 0 Å². The summed E-state index contributed by atoms with van der Waals surface area (Å²) in [6, 6.07) is 0. The van der Waals surface area contributed by atoms with E-state index in [9.17, 15) is 0 Å². The molecule has 0 spiro atoms. The molecular weight excluding hydrogens is 196 g/mol. The molecule has 2 fully saturated rings. The van der Waals surface area contributed by atoms with Gasteiger partial charge in [-0.15, -0.1) is 0 Å². The van der Waals surface area contributed by atoms with Gasteiger partial charge in [-0.25, -0.2) is 0 Å². The van der Waals surface area contributed by atoms with E-state index < -0.39 is 0 Å². The lowest BCUT2D eigenvalue weighted by molar-refractivity contribution is 0.0357. The van der Waals surface area contributed by atoms with Crippen LogP contribution in [0.25, 0.3) is 0 Å². The van der Waals surface area contributed by atoms with Crippen LogP contribution < -0.4 is 0 Å². The minimum Gasteiger partial charge on any atom is -0.305 e. The van der Waals surface area contributed by atoms with Gasteiger partial charge in [0.2, 0.25) is 0 Å². The van der Waals surface area contributed by atoms with Crippen molar-refractivity contribution < 1.29 is 0 Å². The molecule has 1 atom stereocenters. The van der Waals surface area contributed by atoms with Crippen LogP contribution in [-0.2, 0) is 0 Å². The number of hydrogen-bond donors (Lipinski definition) is 0. The largest absolute Gasteiger partial charge is 0.305 e. The van der Waals surface area contributed by atoms with Crippen molar-refractivity contribution in [1.82, 2.24) is 9.80 Å². The normalized spacial score (nSPS) is 33.8. The summed E-state index contributed by atoms with van der Waals surface area (Å²) >= 11 is 0. The Balaban J connectivity index is 2.02. The first-order valence-electron chi connectivity index (χ1n) is 6.98. The van der Waals surface area contributed by atoms with E-state index in [1.807, 2.05) is 0 Å². The molecule has 0 radical (unpaired) electrons.